The first-order valence-corrected chi connectivity index (χ1v) is 9.69. The summed E-state index contributed by atoms with van der Waals surface area (Å²) in [7, 11) is -3.56. The Balaban J connectivity index is 1.85. The number of carbonyl (C=O) groups excluding carboxylic acids is 1. The molecule has 0 radical (unpaired) electrons. The molecule has 22 heavy (non-hydrogen) atoms. The number of fused-ring (bicyclic) bond motifs is 1. The van der Waals surface area contributed by atoms with Gasteiger partial charge in [-0.25, -0.2) is 8.42 Å². The van der Waals surface area contributed by atoms with Gasteiger partial charge in [0.15, 0.2) is 0 Å². The van der Waals surface area contributed by atoms with E-state index in [4.69, 9.17) is 0 Å². The Bertz CT molecular complexity index is 725. The van der Waals surface area contributed by atoms with Crippen LogP contribution in [0, 0.1) is 0 Å². The monoisotopic (exact) mass is 339 g/mol. The van der Waals surface area contributed by atoms with Crippen molar-refractivity contribution in [3.05, 3.63) is 29.8 Å². The highest BCUT2D eigenvalue weighted by atomic mass is 32.2. The molecule has 1 N–H and O–H groups in total. The third kappa shape index (κ3) is 2.85. The molecule has 0 saturated carbocycles. The summed E-state index contributed by atoms with van der Waals surface area (Å²) in [5, 5.41) is 0. The molecule has 3 rings (SSSR count). The van der Waals surface area contributed by atoms with Gasteiger partial charge in [-0.05, 0) is 19.1 Å². The van der Waals surface area contributed by atoms with E-state index in [-0.39, 0.29) is 16.6 Å². The number of rotatable bonds is 2. The van der Waals surface area contributed by atoms with Crippen LogP contribution in [-0.4, -0.2) is 55.7 Å². The zero-order chi connectivity index (χ0) is 15.7. The van der Waals surface area contributed by atoms with E-state index in [2.05, 4.69) is 9.71 Å². The van der Waals surface area contributed by atoms with Crippen molar-refractivity contribution in [2.75, 3.05) is 24.6 Å². The SMILES string of the molecule is C[C@@H](N=C1NS(=O)(=O)c2ccccc21)C(=O)N1CCSCC1. The fraction of sp³-hybridized carbons (Fsp3) is 0.429. The van der Waals surface area contributed by atoms with Gasteiger partial charge in [-0.1, -0.05) is 12.1 Å². The molecule has 1 aromatic rings. The largest absolute Gasteiger partial charge is 0.339 e. The first-order chi connectivity index (χ1) is 10.5. The number of carbonyl (C=O) groups is 1. The molecule has 0 aliphatic carbocycles. The lowest BCUT2D eigenvalue weighted by atomic mass is 10.2. The van der Waals surface area contributed by atoms with E-state index in [9.17, 15) is 13.2 Å². The highest BCUT2D eigenvalue weighted by Crippen LogP contribution is 2.22. The summed E-state index contributed by atoms with van der Waals surface area (Å²) in [5.74, 6) is 2.06. The molecule has 0 spiro atoms. The number of nitrogens with one attached hydrogen (secondary N) is 1. The van der Waals surface area contributed by atoms with Crippen molar-refractivity contribution in [2.45, 2.75) is 17.9 Å². The zero-order valence-electron chi connectivity index (χ0n) is 12.2. The zero-order valence-corrected chi connectivity index (χ0v) is 13.8. The summed E-state index contributed by atoms with van der Waals surface area (Å²) >= 11 is 1.83. The first-order valence-electron chi connectivity index (χ1n) is 7.05. The topological polar surface area (TPSA) is 78.8 Å². The molecule has 1 amide bonds. The van der Waals surface area contributed by atoms with Crippen LogP contribution in [0.3, 0.4) is 0 Å². The Morgan fingerprint density at radius 3 is 2.73 bits per heavy atom. The van der Waals surface area contributed by atoms with Crippen LogP contribution in [0.2, 0.25) is 0 Å². The minimum absolute atomic E-state index is 0.0589. The molecule has 1 atom stereocenters. The van der Waals surface area contributed by atoms with E-state index in [0.29, 0.717) is 5.56 Å². The van der Waals surface area contributed by atoms with Gasteiger partial charge in [-0.3, -0.25) is 14.5 Å². The molecule has 2 aliphatic rings. The van der Waals surface area contributed by atoms with Crippen molar-refractivity contribution in [2.24, 2.45) is 4.99 Å². The second-order valence-electron chi connectivity index (χ2n) is 5.19. The van der Waals surface area contributed by atoms with Crippen LogP contribution in [0.15, 0.2) is 34.2 Å². The van der Waals surface area contributed by atoms with Gasteiger partial charge in [-0.2, -0.15) is 11.8 Å². The summed E-state index contributed by atoms with van der Waals surface area (Å²) in [4.78, 5) is 18.7. The van der Waals surface area contributed by atoms with Gasteiger partial charge in [0.25, 0.3) is 10.0 Å². The molecular formula is C14H17N3O3S2. The Morgan fingerprint density at radius 2 is 2.00 bits per heavy atom. The van der Waals surface area contributed by atoms with E-state index >= 15 is 0 Å². The van der Waals surface area contributed by atoms with Crippen molar-refractivity contribution >= 4 is 33.5 Å². The quantitative estimate of drug-likeness (QED) is 0.860. The number of nitrogens with zero attached hydrogens (tertiary/aromatic N) is 2. The molecule has 8 heteroatoms. The number of hydrogen-bond acceptors (Lipinski definition) is 5. The van der Waals surface area contributed by atoms with Crippen LogP contribution in [0.1, 0.15) is 12.5 Å². The fourth-order valence-corrected chi connectivity index (χ4v) is 4.67. The average Bonchev–Trinajstić information content (AvgIpc) is 2.79. The number of amidine groups is 1. The Kier molecular flexibility index (Phi) is 4.14. The van der Waals surface area contributed by atoms with Crippen LogP contribution in [0.5, 0.6) is 0 Å². The van der Waals surface area contributed by atoms with Crippen molar-refractivity contribution in [1.82, 2.24) is 9.62 Å². The number of thioether (sulfide) groups is 1. The predicted octanol–water partition coefficient (Wildman–Crippen LogP) is 0.689. The highest BCUT2D eigenvalue weighted by molar-refractivity contribution is 7.99. The number of sulfonamides is 1. The third-order valence-electron chi connectivity index (χ3n) is 3.67. The van der Waals surface area contributed by atoms with Gasteiger partial charge < -0.3 is 4.90 Å². The van der Waals surface area contributed by atoms with Crippen LogP contribution in [-0.2, 0) is 14.8 Å². The molecule has 1 saturated heterocycles. The molecule has 0 unspecified atom stereocenters. The van der Waals surface area contributed by atoms with Gasteiger partial charge in [0, 0.05) is 30.2 Å². The van der Waals surface area contributed by atoms with Crippen molar-refractivity contribution < 1.29 is 13.2 Å². The second-order valence-corrected chi connectivity index (χ2v) is 8.07. The molecule has 0 bridgehead atoms. The summed E-state index contributed by atoms with van der Waals surface area (Å²) in [6.45, 7) is 3.15. The Labute approximate surface area is 134 Å². The summed E-state index contributed by atoms with van der Waals surface area (Å²) in [5.41, 5.74) is 0.524. The van der Waals surface area contributed by atoms with E-state index in [1.807, 2.05) is 11.8 Å². The summed E-state index contributed by atoms with van der Waals surface area (Å²) in [6, 6.07) is 6.05. The molecule has 118 valence electrons. The maximum atomic E-state index is 12.4. The standard InChI is InChI=1S/C14H17N3O3S2/c1-10(14(18)17-6-8-21-9-7-17)15-13-11-4-2-3-5-12(11)22(19,20)16-13/h2-5,10H,6-9H2,1H3,(H,15,16)/t10-/m1/s1. The Hall–Kier alpha value is -1.54. The van der Waals surface area contributed by atoms with Crippen LogP contribution in [0.25, 0.3) is 0 Å². The Morgan fingerprint density at radius 1 is 1.32 bits per heavy atom. The lowest BCUT2D eigenvalue weighted by Gasteiger charge is -2.27. The minimum atomic E-state index is -3.56. The van der Waals surface area contributed by atoms with Crippen LogP contribution >= 0.6 is 11.8 Å². The van der Waals surface area contributed by atoms with E-state index in [0.717, 1.165) is 24.6 Å². The van der Waals surface area contributed by atoms with Crippen molar-refractivity contribution in [3.63, 3.8) is 0 Å². The normalized spacial score (nSPS) is 23.0. The lowest BCUT2D eigenvalue weighted by Crippen LogP contribution is -2.42. The maximum absolute atomic E-state index is 12.4. The summed E-state index contributed by atoms with van der Waals surface area (Å²) in [6.07, 6.45) is 0. The van der Waals surface area contributed by atoms with Crippen LogP contribution < -0.4 is 4.72 Å². The van der Waals surface area contributed by atoms with E-state index in [1.54, 1.807) is 30.0 Å². The maximum Gasteiger partial charge on any atom is 0.263 e. The fourth-order valence-electron chi connectivity index (χ4n) is 2.53. The molecule has 2 heterocycles. The number of amides is 1. The predicted molar refractivity (Wildman–Crippen MR) is 86.7 cm³/mol. The molecule has 1 fully saturated rings. The molecule has 0 aromatic heterocycles. The number of aliphatic imine (C=N–C) groups is 1. The first kappa shape index (κ1) is 15.4. The van der Waals surface area contributed by atoms with Gasteiger partial charge in [0.2, 0.25) is 5.91 Å². The minimum Gasteiger partial charge on any atom is -0.339 e. The second kappa shape index (κ2) is 5.92. The highest BCUT2D eigenvalue weighted by Gasteiger charge is 2.31. The van der Waals surface area contributed by atoms with Gasteiger partial charge in [0.05, 0.1) is 4.90 Å². The molecular weight excluding hydrogens is 322 g/mol. The van der Waals surface area contributed by atoms with Gasteiger partial charge in [0.1, 0.15) is 11.9 Å². The average molecular weight is 339 g/mol. The van der Waals surface area contributed by atoms with Crippen molar-refractivity contribution in [3.8, 4) is 0 Å². The molecule has 6 nitrogen and oxygen atoms in total. The molecule has 1 aromatic carbocycles. The van der Waals surface area contributed by atoms with Crippen LogP contribution in [0.4, 0.5) is 0 Å². The number of hydrogen-bond donors (Lipinski definition) is 1. The van der Waals surface area contributed by atoms with Gasteiger partial charge in [-0.15, -0.1) is 0 Å². The van der Waals surface area contributed by atoms with Crippen molar-refractivity contribution in [1.29, 1.82) is 0 Å². The summed E-state index contributed by atoms with van der Waals surface area (Å²) < 4.78 is 26.5. The van der Waals surface area contributed by atoms with Gasteiger partial charge >= 0.3 is 0 Å². The number of benzene rings is 1. The van der Waals surface area contributed by atoms with E-state index < -0.39 is 16.1 Å². The lowest BCUT2D eigenvalue weighted by molar-refractivity contribution is -0.131. The third-order valence-corrected chi connectivity index (χ3v) is 6.01. The smallest absolute Gasteiger partial charge is 0.263 e. The molecule has 2 aliphatic heterocycles. The van der Waals surface area contributed by atoms with E-state index in [1.165, 1.54) is 6.07 Å².